The van der Waals surface area contributed by atoms with Crippen LogP contribution in [0.2, 0.25) is 0 Å². The number of halogens is 1. The average molecular weight is 338 g/mol. The summed E-state index contributed by atoms with van der Waals surface area (Å²) >= 11 is 5.08. The Morgan fingerprint density at radius 3 is 2.42 bits per heavy atom. The van der Waals surface area contributed by atoms with Crippen LogP contribution in [0.25, 0.3) is 0 Å². The van der Waals surface area contributed by atoms with Crippen molar-refractivity contribution in [2.75, 3.05) is 12.4 Å². The molecular weight excluding hydrogens is 322 g/mol. The van der Waals surface area contributed by atoms with Crippen LogP contribution in [0.5, 0.6) is 0 Å². The Bertz CT molecular complexity index is 555. The molecule has 0 fully saturated rings. The first-order valence-electron chi connectivity index (χ1n) is 6.08. The van der Waals surface area contributed by atoms with Gasteiger partial charge < -0.3 is 5.32 Å². The van der Waals surface area contributed by atoms with Gasteiger partial charge in [-0.1, -0.05) is 41.5 Å². The van der Waals surface area contributed by atoms with Crippen LogP contribution >= 0.6 is 27.7 Å². The van der Waals surface area contributed by atoms with Gasteiger partial charge in [0.1, 0.15) is 16.7 Å². The smallest absolute Gasteiger partial charge is 0.134 e. The van der Waals surface area contributed by atoms with Crippen LogP contribution in [0.3, 0.4) is 0 Å². The van der Waals surface area contributed by atoms with Gasteiger partial charge in [-0.3, -0.25) is 0 Å². The van der Waals surface area contributed by atoms with E-state index in [4.69, 9.17) is 0 Å². The van der Waals surface area contributed by atoms with Crippen LogP contribution in [-0.4, -0.2) is 17.0 Å². The summed E-state index contributed by atoms with van der Waals surface area (Å²) in [5.41, 5.74) is 0. The normalized spacial score (nSPS) is 10.8. The van der Waals surface area contributed by atoms with Crippen molar-refractivity contribution < 1.29 is 0 Å². The minimum absolute atomic E-state index is 0.317. The minimum atomic E-state index is 0.317. The summed E-state index contributed by atoms with van der Waals surface area (Å²) in [6.07, 6.45) is 0. The molecule has 0 aliphatic carbocycles. The average Bonchev–Trinajstić information content (AvgIpc) is 2.41. The van der Waals surface area contributed by atoms with E-state index in [1.807, 2.05) is 25.2 Å². The standard InChI is InChI=1S/C14H16BrN3S/c1-9(2)14-17-12(16-3)8-13(18-14)19-11-6-4-10(15)5-7-11/h4-9H,1-3H3,(H,16,17,18). The molecule has 3 nitrogen and oxygen atoms in total. The molecular formula is C14H16BrN3S. The van der Waals surface area contributed by atoms with Crippen LogP contribution in [0.15, 0.2) is 44.7 Å². The molecule has 1 N–H and O–H groups in total. The monoisotopic (exact) mass is 337 g/mol. The highest BCUT2D eigenvalue weighted by atomic mass is 79.9. The Balaban J connectivity index is 2.28. The fraction of sp³-hybridized carbons (Fsp3) is 0.286. The van der Waals surface area contributed by atoms with E-state index < -0.39 is 0 Å². The zero-order valence-corrected chi connectivity index (χ0v) is 13.5. The molecule has 2 aromatic rings. The van der Waals surface area contributed by atoms with E-state index in [1.54, 1.807) is 11.8 Å². The molecule has 2 rings (SSSR count). The SMILES string of the molecule is CNc1cc(Sc2ccc(Br)cc2)nc(C(C)C)n1. The van der Waals surface area contributed by atoms with Crippen LogP contribution < -0.4 is 5.32 Å². The quantitative estimate of drug-likeness (QED) is 0.830. The van der Waals surface area contributed by atoms with Crippen molar-refractivity contribution in [2.24, 2.45) is 0 Å². The van der Waals surface area contributed by atoms with Gasteiger partial charge in [-0.05, 0) is 24.3 Å². The molecule has 0 unspecified atom stereocenters. The van der Waals surface area contributed by atoms with Gasteiger partial charge in [-0.15, -0.1) is 0 Å². The van der Waals surface area contributed by atoms with E-state index in [2.05, 4.69) is 57.2 Å². The minimum Gasteiger partial charge on any atom is -0.373 e. The Kier molecular flexibility index (Phi) is 4.82. The lowest BCUT2D eigenvalue weighted by molar-refractivity contribution is 0.755. The van der Waals surface area contributed by atoms with Gasteiger partial charge in [0, 0.05) is 28.4 Å². The first-order chi connectivity index (χ1) is 9.08. The maximum atomic E-state index is 4.60. The zero-order valence-electron chi connectivity index (χ0n) is 11.1. The van der Waals surface area contributed by atoms with Gasteiger partial charge >= 0.3 is 0 Å². The van der Waals surface area contributed by atoms with Crippen molar-refractivity contribution in [3.63, 3.8) is 0 Å². The molecule has 0 amide bonds. The van der Waals surface area contributed by atoms with E-state index in [-0.39, 0.29) is 0 Å². The lowest BCUT2D eigenvalue weighted by Crippen LogP contribution is -2.02. The first kappa shape index (κ1) is 14.3. The molecule has 0 spiro atoms. The summed E-state index contributed by atoms with van der Waals surface area (Å²) in [6.45, 7) is 4.20. The van der Waals surface area contributed by atoms with Crippen LogP contribution in [-0.2, 0) is 0 Å². The number of nitrogens with one attached hydrogen (secondary N) is 1. The number of rotatable bonds is 4. The van der Waals surface area contributed by atoms with E-state index >= 15 is 0 Å². The van der Waals surface area contributed by atoms with E-state index in [0.717, 1.165) is 21.1 Å². The van der Waals surface area contributed by atoms with Gasteiger partial charge in [0.25, 0.3) is 0 Å². The van der Waals surface area contributed by atoms with Gasteiger partial charge in [0.15, 0.2) is 0 Å². The summed E-state index contributed by atoms with van der Waals surface area (Å²) in [4.78, 5) is 10.2. The molecule has 100 valence electrons. The van der Waals surface area contributed by atoms with Crippen molar-refractivity contribution in [1.82, 2.24) is 9.97 Å². The highest BCUT2D eigenvalue weighted by molar-refractivity contribution is 9.10. The predicted molar refractivity (Wildman–Crippen MR) is 83.9 cm³/mol. The Hall–Kier alpha value is -1.07. The molecule has 0 saturated carbocycles. The third-order valence-electron chi connectivity index (χ3n) is 2.53. The van der Waals surface area contributed by atoms with Gasteiger partial charge in [-0.2, -0.15) is 0 Å². The lowest BCUT2D eigenvalue weighted by Gasteiger charge is -2.09. The van der Waals surface area contributed by atoms with Crippen LogP contribution in [0.1, 0.15) is 25.6 Å². The molecule has 0 saturated heterocycles. The first-order valence-corrected chi connectivity index (χ1v) is 7.69. The van der Waals surface area contributed by atoms with Crippen LogP contribution in [0.4, 0.5) is 5.82 Å². The van der Waals surface area contributed by atoms with Crippen molar-refractivity contribution >= 4 is 33.5 Å². The second-order valence-electron chi connectivity index (χ2n) is 4.41. The second kappa shape index (κ2) is 6.39. The van der Waals surface area contributed by atoms with Gasteiger partial charge in [0.05, 0.1) is 0 Å². The summed E-state index contributed by atoms with van der Waals surface area (Å²) < 4.78 is 1.08. The highest BCUT2D eigenvalue weighted by Crippen LogP contribution is 2.29. The fourth-order valence-corrected chi connectivity index (χ4v) is 2.59. The summed E-state index contributed by atoms with van der Waals surface area (Å²) in [5.74, 6) is 2.04. The maximum absolute atomic E-state index is 4.60. The number of nitrogens with zero attached hydrogens (tertiary/aromatic N) is 2. The van der Waals surface area contributed by atoms with Crippen molar-refractivity contribution in [2.45, 2.75) is 29.7 Å². The van der Waals surface area contributed by atoms with Gasteiger partial charge in [0.2, 0.25) is 0 Å². The molecule has 0 atom stereocenters. The third kappa shape index (κ3) is 3.94. The number of anilines is 1. The van der Waals surface area contributed by atoms with E-state index in [1.165, 1.54) is 4.90 Å². The number of hydrogen-bond donors (Lipinski definition) is 1. The highest BCUT2D eigenvalue weighted by Gasteiger charge is 2.08. The fourth-order valence-electron chi connectivity index (χ4n) is 1.50. The molecule has 19 heavy (non-hydrogen) atoms. The molecule has 1 aromatic carbocycles. The Morgan fingerprint density at radius 1 is 1.16 bits per heavy atom. The lowest BCUT2D eigenvalue weighted by atomic mass is 10.2. The number of aromatic nitrogens is 2. The largest absolute Gasteiger partial charge is 0.373 e. The van der Waals surface area contributed by atoms with Crippen LogP contribution in [0, 0.1) is 0 Å². The second-order valence-corrected chi connectivity index (χ2v) is 6.42. The summed E-state index contributed by atoms with van der Waals surface area (Å²) in [5, 5.41) is 4.05. The number of benzene rings is 1. The molecule has 0 aliphatic rings. The Labute approximate surface area is 126 Å². The topological polar surface area (TPSA) is 37.8 Å². The van der Waals surface area contributed by atoms with Gasteiger partial charge in [-0.25, -0.2) is 9.97 Å². The summed E-state index contributed by atoms with van der Waals surface area (Å²) in [6, 6.07) is 10.2. The van der Waals surface area contributed by atoms with E-state index in [0.29, 0.717) is 5.92 Å². The van der Waals surface area contributed by atoms with Crippen molar-refractivity contribution in [1.29, 1.82) is 0 Å². The summed E-state index contributed by atoms with van der Waals surface area (Å²) in [7, 11) is 1.88. The predicted octanol–water partition coefficient (Wildman–Crippen LogP) is 4.56. The molecule has 5 heteroatoms. The number of hydrogen-bond acceptors (Lipinski definition) is 4. The van der Waals surface area contributed by atoms with Crippen molar-refractivity contribution in [3.05, 3.63) is 40.6 Å². The van der Waals surface area contributed by atoms with E-state index in [9.17, 15) is 0 Å². The molecule has 1 aromatic heterocycles. The molecule has 1 heterocycles. The maximum Gasteiger partial charge on any atom is 0.134 e. The zero-order chi connectivity index (χ0) is 13.8. The molecule has 0 bridgehead atoms. The van der Waals surface area contributed by atoms with Crippen molar-refractivity contribution in [3.8, 4) is 0 Å². The third-order valence-corrected chi connectivity index (χ3v) is 3.98. The Morgan fingerprint density at radius 2 is 1.84 bits per heavy atom. The molecule has 0 aliphatic heterocycles. The molecule has 0 radical (unpaired) electrons.